The molecule has 0 saturated carbocycles. The number of hydrogen-bond acceptors (Lipinski definition) is 3. The molecule has 9 rings (SSSR count). The molecule has 2 heterocycles. The first-order chi connectivity index (χ1) is 24.5. The molecule has 0 saturated heterocycles. The van der Waals surface area contributed by atoms with E-state index in [9.17, 15) is 0 Å². The van der Waals surface area contributed by atoms with E-state index in [1.54, 1.807) is 0 Å². The third-order valence-electron chi connectivity index (χ3n) is 10.5. The maximum atomic E-state index is 5.23. The monoisotopic (exact) mass is 643 g/mol. The summed E-state index contributed by atoms with van der Waals surface area (Å²) in [6.45, 7) is 6.95. The maximum Gasteiger partial charge on any atom is 0.160 e. The number of aromatic nitrogens is 3. The smallest absolute Gasteiger partial charge is 0.160 e. The number of benzene rings is 5. The van der Waals surface area contributed by atoms with E-state index >= 15 is 0 Å². The Labute approximate surface area is 293 Å². The molecule has 3 nitrogen and oxygen atoms in total. The topological polar surface area (TPSA) is 38.7 Å². The zero-order chi connectivity index (χ0) is 33.8. The van der Waals surface area contributed by atoms with Gasteiger partial charge in [-0.15, -0.1) is 0 Å². The van der Waals surface area contributed by atoms with Gasteiger partial charge in [0.1, 0.15) is 0 Å². The second kappa shape index (κ2) is 11.9. The molecule has 0 fully saturated rings. The van der Waals surface area contributed by atoms with Crippen LogP contribution in [-0.4, -0.2) is 15.0 Å². The summed E-state index contributed by atoms with van der Waals surface area (Å²) >= 11 is 0. The van der Waals surface area contributed by atoms with Gasteiger partial charge >= 0.3 is 0 Å². The first-order valence-electron chi connectivity index (χ1n) is 17.5. The van der Waals surface area contributed by atoms with E-state index < -0.39 is 0 Å². The van der Waals surface area contributed by atoms with Gasteiger partial charge in [-0.3, -0.25) is 0 Å². The van der Waals surface area contributed by atoms with Crippen LogP contribution in [0, 0.1) is 5.92 Å². The van der Waals surface area contributed by atoms with Gasteiger partial charge in [-0.25, -0.2) is 15.0 Å². The Hall–Kier alpha value is -5.93. The van der Waals surface area contributed by atoms with Crippen LogP contribution in [0.5, 0.6) is 0 Å². The molecule has 0 N–H and O–H groups in total. The second-order valence-electron chi connectivity index (χ2n) is 14.1. The fourth-order valence-corrected chi connectivity index (χ4v) is 7.91. The molecule has 5 aromatic carbocycles. The van der Waals surface area contributed by atoms with E-state index in [2.05, 4.69) is 154 Å². The van der Waals surface area contributed by atoms with Crippen LogP contribution < -0.4 is 0 Å². The van der Waals surface area contributed by atoms with Gasteiger partial charge in [0.15, 0.2) is 5.82 Å². The Kier molecular flexibility index (Phi) is 7.17. The normalized spacial score (nSPS) is 15.8. The third-order valence-corrected chi connectivity index (χ3v) is 10.5. The summed E-state index contributed by atoms with van der Waals surface area (Å²) < 4.78 is 0. The average molecular weight is 644 g/mol. The highest BCUT2D eigenvalue weighted by Gasteiger charge is 2.39. The molecule has 2 aliphatic rings. The Morgan fingerprint density at radius 3 is 1.94 bits per heavy atom. The van der Waals surface area contributed by atoms with Crippen molar-refractivity contribution in [1.82, 2.24) is 15.0 Å². The van der Waals surface area contributed by atoms with Crippen LogP contribution in [0.1, 0.15) is 43.9 Å². The molecule has 1 unspecified atom stereocenters. The molecule has 0 bridgehead atoms. The Morgan fingerprint density at radius 2 is 1.22 bits per heavy atom. The van der Waals surface area contributed by atoms with E-state index in [0.29, 0.717) is 5.92 Å². The van der Waals surface area contributed by atoms with Crippen LogP contribution in [0.15, 0.2) is 152 Å². The van der Waals surface area contributed by atoms with Crippen molar-refractivity contribution in [3.8, 4) is 56.3 Å². The molecule has 0 spiro atoms. The molecule has 50 heavy (non-hydrogen) atoms. The predicted octanol–water partition coefficient (Wildman–Crippen LogP) is 12.0. The number of fused-ring (bicyclic) bond motifs is 4. The van der Waals surface area contributed by atoms with E-state index in [1.807, 2.05) is 18.2 Å². The number of para-hydroxylation sites is 1. The fourth-order valence-electron chi connectivity index (χ4n) is 7.91. The molecule has 240 valence electrons. The summed E-state index contributed by atoms with van der Waals surface area (Å²) in [5.41, 5.74) is 15.8. The number of allylic oxidation sites excluding steroid dienone is 4. The molecule has 0 aliphatic heterocycles. The van der Waals surface area contributed by atoms with Crippen molar-refractivity contribution in [3.05, 3.63) is 168 Å². The predicted molar refractivity (Wildman–Crippen MR) is 208 cm³/mol. The molecule has 7 aromatic rings. The van der Waals surface area contributed by atoms with E-state index in [4.69, 9.17) is 15.0 Å². The molecular formula is C47H37N3. The Balaban J connectivity index is 1.15. The molecule has 0 radical (unpaired) electrons. The molecule has 3 heteroatoms. The first kappa shape index (κ1) is 30.2. The van der Waals surface area contributed by atoms with Crippen LogP contribution in [0.25, 0.3) is 72.8 Å². The van der Waals surface area contributed by atoms with Crippen LogP contribution in [0.3, 0.4) is 0 Å². The van der Waals surface area contributed by atoms with Gasteiger partial charge < -0.3 is 0 Å². The summed E-state index contributed by atoms with van der Waals surface area (Å²) in [5, 5.41) is 1.17. The number of nitrogens with zero attached hydrogens (tertiary/aromatic N) is 3. The summed E-state index contributed by atoms with van der Waals surface area (Å²) in [6, 6.07) is 47.4. The van der Waals surface area contributed by atoms with Gasteiger partial charge in [-0.05, 0) is 57.9 Å². The Morgan fingerprint density at radius 1 is 0.600 bits per heavy atom. The van der Waals surface area contributed by atoms with Crippen molar-refractivity contribution < 1.29 is 0 Å². The number of pyridine rings is 1. The van der Waals surface area contributed by atoms with Crippen LogP contribution in [0.2, 0.25) is 0 Å². The lowest BCUT2D eigenvalue weighted by Crippen LogP contribution is -2.16. The van der Waals surface area contributed by atoms with Crippen molar-refractivity contribution in [2.45, 2.75) is 32.6 Å². The van der Waals surface area contributed by atoms with Gasteiger partial charge in [0.25, 0.3) is 0 Å². The van der Waals surface area contributed by atoms with Gasteiger partial charge in [-0.1, -0.05) is 160 Å². The highest BCUT2D eigenvalue weighted by molar-refractivity contribution is 6.02. The lowest BCUT2D eigenvalue weighted by Gasteiger charge is -2.25. The Bertz CT molecular complexity index is 2470. The molecule has 2 aliphatic carbocycles. The summed E-state index contributed by atoms with van der Waals surface area (Å²) in [5.74, 6) is 1.23. The van der Waals surface area contributed by atoms with Crippen LogP contribution in [0.4, 0.5) is 0 Å². The maximum absolute atomic E-state index is 5.23. The minimum Gasteiger partial charge on any atom is -0.247 e. The highest BCUT2D eigenvalue weighted by Crippen LogP contribution is 2.53. The quantitative estimate of drug-likeness (QED) is 0.187. The highest BCUT2D eigenvalue weighted by atomic mass is 14.9. The lowest BCUT2D eigenvalue weighted by molar-refractivity contribution is 0.662. The van der Waals surface area contributed by atoms with Gasteiger partial charge in [0.2, 0.25) is 0 Å². The molecule has 0 amide bonds. The van der Waals surface area contributed by atoms with Crippen molar-refractivity contribution in [3.63, 3.8) is 0 Å². The number of hydrogen-bond donors (Lipinski definition) is 0. The second-order valence-corrected chi connectivity index (χ2v) is 14.1. The summed E-state index contributed by atoms with van der Waals surface area (Å²) in [6.07, 6.45) is 7.73. The van der Waals surface area contributed by atoms with Gasteiger partial charge in [-0.2, -0.15) is 0 Å². The van der Waals surface area contributed by atoms with E-state index in [-0.39, 0.29) is 5.41 Å². The van der Waals surface area contributed by atoms with Crippen LogP contribution in [-0.2, 0) is 5.41 Å². The summed E-state index contributed by atoms with van der Waals surface area (Å²) in [7, 11) is 0. The third kappa shape index (κ3) is 5.01. The van der Waals surface area contributed by atoms with E-state index in [0.717, 1.165) is 51.5 Å². The fraction of sp³-hybridized carbons (Fsp3) is 0.128. The molecule has 2 aromatic heterocycles. The standard InChI is InChI=1S/C47H37N3/c1-30-13-7-8-16-36(30)31-21-23-32(24-22-31)41-29-42(50-46(49-41)35-14-5-4-6-15-35)33-25-27-34(28-26-33)43-38-18-10-12-20-40(38)48-45-37-17-9-11-19-39(37)47(2,3)44(43)45/h4-12,14-30H,13H2,1-3H3. The van der Waals surface area contributed by atoms with Crippen molar-refractivity contribution in [1.29, 1.82) is 0 Å². The largest absolute Gasteiger partial charge is 0.247 e. The minimum absolute atomic E-state index is 0.180. The SMILES string of the molecule is CC1CC=CC=C1c1ccc(-c2cc(-c3ccc(-c4c5c(nc6ccccc46)-c4ccccc4C5(C)C)cc3)nc(-c3ccccc3)n2)cc1. The average Bonchev–Trinajstić information content (AvgIpc) is 3.40. The van der Waals surface area contributed by atoms with Crippen molar-refractivity contribution >= 4 is 16.5 Å². The van der Waals surface area contributed by atoms with Gasteiger partial charge in [0.05, 0.1) is 22.6 Å². The molecular weight excluding hydrogens is 607 g/mol. The molecule has 1 atom stereocenters. The number of rotatable bonds is 5. The lowest BCUT2D eigenvalue weighted by atomic mass is 9.78. The van der Waals surface area contributed by atoms with Crippen molar-refractivity contribution in [2.24, 2.45) is 5.92 Å². The zero-order valence-electron chi connectivity index (χ0n) is 28.6. The van der Waals surface area contributed by atoms with E-state index in [1.165, 1.54) is 44.3 Å². The van der Waals surface area contributed by atoms with Gasteiger partial charge in [0, 0.05) is 33.1 Å². The first-order valence-corrected chi connectivity index (χ1v) is 17.5. The van der Waals surface area contributed by atoms with Crippen molar-refractivity contribution in [2.75, 3.05) is 0 Å². The minimum atomic E-state index is -0.180. The zero-order valence-corrected chi connectivity index (χ0v) is 28.6. The van der Waals surface area contributed by atoms with Crippen LogP contribution >= 0.6 is 0 Å². The summed E-state index contributed by atoms with van der Waals surface area (Å²) in [4.78, 5) is 15.4.